The van der Waals surface area contributed by atoms with Gasteiger partial charge in [-0.2, -0.15) is 0 Å². The molecule has 0 fully saturated rings. The molecule has 0 radical (unpaired) electrons. The average Bonchev–Trinajstić information content (AvgIpc) is 2.45. The molecule has 3 N–H and O–H groups in total. The highest BCUT2D eigenvalue weighted by Gasteiger charge is 2.16. The number of rotatable bonds is 6. The fourth-order valence-electron chi connectivity index (χ4n) is 1.69. The summed E-state index contributed by atoms with van der Waals surface area (Å²) in [5, 5.41) is 11.5. The Morgan fingerprint density at radius 2 is 2.26 bits per heavy atom. The predicted molar refractivity (Wildman–Crippen MR) is 72.6 cm³/mol. The zero-order chi connectivity index (χ0) is 14.3. The molecule has 0 spiro atoms. The largest absolute Gasteiger partial charge is 0.497 e. The molecule has 1 aromatic rings. The molecule has 0 aliphatic rings. The summed E-state index contributed by atoms with van der Waals surface area (Å²) in [7, 11) is 1.55. The molecule has 0 aliphatic heterocycles. The zero-order valence-electron chi connectivity index (χ0n) is 11.2. The number of methoxy groups -OCH3 is 1. The number of ether oxygens (including phenoxy) is 1. The monoisotopic (exact) mass is 265 g/mol. The molecule has 0 heterocycles. The smallest absolute Gasteiger partial charge is 0.254 e. The van der Waals surface area contributed by atoms with Crippen LogP contribution in [-0.4, -0.2) is 42.0 Å². The van der Waals surface area contributed by atoms with E-state index in [1.807, 2.05) is 6.92 Å². The summed E-state index contributed by atoms with van der Waals surface area (Å²) in [5.41, 5.74) is 5.97. The highest BCUT2D eigenvalue weighted by molar-refractivity contribution is 5.97. The Balaban J connectivity index is 2.91. The van der Waals surface area contributed by atoms with Crippen LogP contribution in [0, 0.1) is 0 Å². The summed E-state index contributed by atoms with van der Waals surface area (Å²) in [4.78, 5) is 13.9. The summed E-state index contributed by atoms with van der Waals surface area (Å²) < 4.78 is 5.09. The van der Waals surface area contributed by atoms with Crippen LogP contribution in [0.5, 0.6) is 5.75 Å². The van der Waals surface area contributed by atoms with Gasteiger partial charge in [0, 0.05) is 12.1 Å². The Morgan fingerprint density at radius 1 is 1.53 bits per heavy atom. The first-order valence-electron chi connectivity index (χ1n) is 6.02. The van der Waals surface area contributed by atoms with Crippen LogP contribution in [0.15, 0.2) is 29.4 Å². The van der Waals surface area contributed by atoms with Gasteiger partial charge >= 0.3 is 0 Å². The Labute approximate surface area is 112 Å². The number of benzene rings is 1. The molecule has 0 saturated heterocycles. The number of hydrogen-bond donors (Lipinski definition) is 2. The number of oxime groups is 1. The minimum Gasteiger partial charge on any atom is -0.497 e. The van der Waals surface area contributed by atoms with E-state index in [4.69, 9.17) is 15.7 Å². The van der Waals surface area contributed by atoms with Crippen molar-refractivity contribution >= 4 is 11.7 Å². The second-order valence-electron chi connectivity index (χ2n) is 4.05. The predicted octanol–water partition coefficient (Wildman–Crippen LogP) is 1.29. The van der Waals surface area contributed by atoms with Gasteiger partial charge in [0.15, 0.2) is 5.84 Å². The van der Waals surface area contributed by atoms with Gasteiger partial charge in [0.05, 0.1) is 13.7 Å². The maximum absolute atomic E-state index is 12.3. The van der Waals surface area contributed by atoms with Gasteiger partial charge in [0.2, 0.25) is 0 Å². The molecule has 1 rings (SSSR count). The van der Waals surface area contributed by atoms with Gasteiger partial charge in [-0.1, -0.05) is 18.1 Å². The van der Waals surface area contributed by atoms with Gasteiger partial charge in [-0.3, -0.25) is 4.79 Å². The van der Waals surface area contributed by atoms with Crippen molar-refractivity contribution in [2.45, 2.75) is 13.3 Å². The van der Waals surface area contributed by atoms with Crippen LogP contribution in [-0.2, 0) is 0 Å². The first kappa shape index (κ1) is 14.8. The molecule has 0 bridgehead atoms. The van der Waals surface area contributed by atoms with Crippen LogP contribution in [0.1, 0.15) is 23.7 Å². The van der Waals surface area contributed by atoms with Crippen LogP contribution < -0.4 is 10.5 Å². The van der Waals surface area contributed by atoms with Gasteiger partial charge in [-0.05, 0) is 24.6 Å². The van der Waals surface area contributed by atoms with Gasteiger partial charge in [-0.25, -0.2) is 0 Å². The van der Waals surface area contributed by atoms with E-state index in [9.17, 15) is 4.79 Å². The zero-order valence-corrected chi connectivity index (χ0v) is 11.2. The molecule has 0 atom stereocenters. The van der Waals surface area contributed by atoms with Crippen molar-refractivity contribution in [3.05, 3.63) is 29.8 Å². The van der Waals surface area contributed by atoms with Crippen LogP contribution in [0.25, 0.3) is 0 Å². The second kappa shape index (κ2) is 7.25. The van der Waals surface area contributed by atoms with Gasteiger partial charge in [0.25, 0.3) is 5.91 Å². The number of amidine groups is 1. The molecule has 1 amide bonds. The Bertz CT molecular complexity index is 460. The average molecular weight is 265 g/mol. The Kier molecular flexibility index (Phi) is 5.66. The quantitative estimate of drug-likeness (QED) is 0.351. The Morgan fingerprint density at radius 3 is 2.84 bits per heavy atom. The lowest BCUT2D eigenvalue weighted by Gasteiger charge is -2.21. The summed E-state index contributed by atoms with van der Waals surface area (Å²) in [6.45, 7) is 2.59. The van der Waals surface area contributed by atoms with E-state index < -0.39 is 0 Å². The second-order valence-corrected chi connectivity index (χ2v) is 4.05. The normalized spacial score (nSPS) is 11.2. The first-order chi connectivity index (χ1) is 9.12. The van der Waals surface area contributed by atoms with E-state index in [-0.39, 0.29) is 18.3 Å². The summed E-state index contributed by atoms with van der Waals surface area (Å²) in [5.74, 6) is 0.447. The topological polar surface area (TPSA) is 88.1 Å². The summed E-state index contributed by atoms with van der Waals surface area (Å²) >= 11 is 0. The third-order valence-electron chi connectivity index (χ3n) is 2.58. The van der Waals surface area contributed by atoms with E-state index in [1.54, 1.807) is 31.4 Å². The number of nitrogens with zero attached hydrogens (tertiary/aromatic N) is 2. The molecule has 104 valence electrons. The van der Waals surface area contributed by atoms with Crippen LogP contribution >= 0.6 is 0 Å². The molecule has 6 heteroatoms. The van der Waals surface area contributed by atoms with Crippen molar-refractivity contribution in [3.63, 3.8) is 0 Å². The van der Waals surface area contributed by atoms with Gasteiger partial charge in [-0.15, -0.1) is 0 Å². The van der Waals surface area contributed by atoms with E-state index in [0.29, 0.717) is 17.9 Å². The first-order valence-corrected chi connectivity index (χ1v) is 6.02. The van der Waals surface area contributed by atoms with E-state index in [1.165, 1.54) is 4.90 Å². The van der Waals surface area contributed by atoms with Crippen molar-refractivity contribution in [3.8, 4) is 5.75 Å². The Hall–Kier alpha value is -2.24. The molecular weight excluding hydrogens is 246 g/mol. The van der Waals surface area contributed by atoms with Crippen molar-refractivity contribution < 1.29 is 14.7 Å². The highest BCUT2D eigenvalue weighted by atomic mass is 16.5. The van der Waals surface area contributed by atoms with E-state index in [2.05, 4.69) is 5.16 Å². The summed E-state index contributed by atoms with van der Waals surface area (Å²) in [6, 6.07) is 6.89. The number of hydrogen-bond acceptors (Lipinski definition) is 4. The number of carbonyl (C=O) groups excluding carboxylic acids is 1. The van der Waals surface area contributed by atoms with Crippen molar-refractivity contribution in [1.82, 2.24) is 4.90 Å². The lowest BCUT2D eigenvalue weighted by Crippen LogP contribution is -2.39. The lowest BCUT2D eigenvalue weighted by molar-refractivity contribution is 0.0778. The minimum absolute atomic E-state index is 0.00435. The van der Waals surface area contributed by atoms with Crippen molar-refractivity contribution in [2.75, 3.05) is 20.2 Å². The SMILES string of the molecule is CCCN(CC(N)=NO)C(=O)c1cccc(OC)c1. The third-order valence-corrected chi connectivity index (χ3v) is 2.58. The maximum Gasteiger partial charge on any atom is 0.254 e. The third kappa shape index (κ3) is 4.17. The van der Waals surface area contributed by atoms with Gasteiger partial charge in [0.1, 0.15) is 5.75 Å². The fourth-order valence-corrected chi connectivity index (χ4v) is 1.69. The maximum atomic E-state index is 12.3. The minimum atomic E-state index is -0.174. The van der Waals surface area contributed by atoms with Crippen LogP contribution in [0.3, 0.4) is 0 Å². The molecule has 6 nitrogen and oxygen atoms in total. The molecule has 0 unspecified atom stereocenters. The molecular formula is C13H19N3O3. The number of amides is 1. The van der Waals surface area contributed by atoms with Crippen molar-refractivity contribution in [1.29, 1.82) is 0 Å². The number of nitrogens with two attached hydrogens (primary N) is 1. The fraction of sp³-hybridized carbons (Fsp3) is 0.385. The molecule has 0 saturated carbocycles. The standard InChI is InChI=1S/C13H19N3O3/c1-3-7-16(9-12(14)15-18)13(17)10-5-4-6-11(8-10)19-2/h4-6,8,18H,3,7,9H2,1-2H3,(H2,14,15). The lowest BCUT2D eigenvalue weighted by atomic mass is 10.2. The van der Waals surface area contributed by atoms with Crippen molar-refractivity contribution in [2.24, 2.45) is 10.9 Å². The number of carbonyl (C=O) groups is 1. The molecule has 1 aromatic carbocycles. The summed E-state index contributed by atoms with van der Waals surface area (Å²) in [6.07, 6.45) is 0.786. The molecule has 0 aliphatic carbocycles. The molecule has 0 aromatic heterocycles. The van der Waals surface area contributed by atoms with Gasteiger partial charge < -0.3 is 20.6 Å². The molecule has 19 heavy (non-hydrogen) atoms. The van der Waals surface area contributed by atoms with Crippen LogP contribution in [0.4, 0.5) is 0 Å². The van der Waals surface area contributed by atoms with E-state index in [0.717, 1.165) is 6.42 Å². The highest BCUT2D eigenvalue weighted by Crippen LogP contribution is 2.14. The van der Waals surface area contributed by atoms with Crippen LogP contribution in [0.2, 0.25) is 0 Å². The van der Waals surface area contributed by atoms with E-state index >= 15 is 0 Å².